The average Bonchev–Trinajstić information content (AvgIpc) is 3.22. The Bertz CT molecular complexity index is 1350. The third-order valence-electron chi connectivity index (χ3n) is 5.69. The van der Waals surface area contributed by atoms with E-state index in [4.69, 9.17) is 4.74 Å². The van der Waals surface area contributed by atoms with Gasteiger partial charge in [-0.1, -0.05) is 17.4 Å². The number of aromatic nitrogens is 1. The summed E-state index contributed by atoms with van der Waals surface area (Å²) in [5, 5.41) is 0.0641. The van der Waals surface area contributed by atoms with Gasteiger partial charge in [-0.25, -0.2) is 13.4 Å². The highest BCUT2D eigenvalue weighted by Crippen LogP contribution is 2.32. The van der Waals surface area contributed by atoms with Gasteiger partial charge in [0, 0.05) is 31.9 Å². The van der Waals surface area contributed by atoms with E-state index in [1.54, 1.807) is 22.8 Å². The molecule has 2 heterocycles. The van der Waals surface area contributed by atoms with E-state index in [0.29, 0.717) is 48.2 Å². The summed E-state index contributed by atoms with van der Waals surface area (Å²) in [7, 11) is -2.44. The molecule has 1 aliphatic heterocycles. The number of aryl methyl sites for hydroxylation is 1. The lowest BCUT2D eigenvalue weighted by Gasteiger charge is -2.36. The molecular formula is C23H23F3N4O4S2. The van der Waals surface area contributed by atoms with Gasteiger partial charge in [0.15, 0.2) is 5.13 Å². The molecule has 3 aromatic rings. The Labute approximate surface area is 210 Å². The van der Waals surface area contributed by atoms with Crippen LogP contribution in [0.3, 0.4) is 0 Å². The van der Waals surface area contributed by atoms with E-state index < -0.39 is 21.8 Å². The molecule has 0 bridgehead atoms. The first kappa shape index (κ1) is 25.8. The molecule has 4 rings (SSSR count). The predicted octanol–water partition coefficient (Wildman–Crippen LogP) is 4.24. The molecule has 0 radical (unpaired) electrons. The molecule has 1 aliphatic rings. The number of amides is 1. The molecule has 1 fully saturated rings. The minimum absolute atomic E-state index is 0.0229. The van der Waals surface area contributed by atoms with Crippen molar-refractivity contribution in [3.8, 4) is 5.75 Å². The first-order valence-electron chi connectivity index (χ1n) is 10.8. The maximum Gasteiger partial charge on any atom is 0.416 e. The summed E-state index contributed by atoms with van der Waals surface area (Å²) in [5.74, 6) is 0.212. The molecule has 1 aromatic heterocycles. The Balaban J connectivity index is 1.42. The number of hydrogen-bond donors (Lipinski definition) is 1. The Morgan fingerprint density at radius 3 is 2.36 bits per heavy atom. The van der Waals surface area contributed by atoms with E-state index >= 15 is 0 Å². The molecule has 1 saturated heterocycles. The molecular weight excluding hydrogens is 517 g/mol. The van der Waals surface area contributed by atoms with Gasteiger partial charge in [-0.15, -0.1) is 0 Å². The number of halogens is 3. The van der Waals surface area contributed by atoms with Crippen molar-refractivity contribution in [2.45, 2.75) is 18.0 Å². The maximum absolute atomic E-state index is 13.1. The minimum atomic E-state index is -4.43. The van der Waals surface area contributed by atoms with Crippen molar-refractivity contribution >= 4 is 38.1 Å². The van der Waals surface area contributed by atoms with Gasteiger partial charge in [-0.2, -0.15) is 13.2 Å². The largest absolute Gasteiger partial charge is 0.497 e. The van der Waals surface area contributed by atoms with Gasteiger partial charge < -0.3 is 14.5 Å². The highest BCUT2D eigenvalue weighted by Gasteiger charge is 2.32. The second kappa shape index (κ2) is 9.97. The van der Waals surface area contributed by atoms with Crippen molar-refractivity contribution in [1.29, 1.82) is 0 Å². The van der Waals surface area contributed by atoms with Gasteiger partial charge in [0.1, 0.15) is 10.6 Å². The summed E-state index contributed by atoms with van der Waals surface area (Å²) < 4.78 is 71.9. The normalized spacial score (nSPS) is 14.6. The number of methoxy groups -OCH3 is 1. The second-order valence-electron chi connectivity index (χ2n) is 8.04. The molecule has 1 amide bonds. The molecule has 13 heteroatoms. The molecule has 0 spiro atoms. The van der Waals surface area contributed by atoms with Gasteiger partial charge >= 0.3 is 6.18 Å². The molecule has 8 nitrogen and oxygen atoms in total. The van der Waals surface area contributed by atoms with Gasteiger partial charge in [-0.3, -0.25) is 9.52 Å². The lowest BCUT2D eigenvalue weighted by molar-refractivity contribution is -0.137. The number of nitrogens with zero attached hydrogens (tertiary/aromatic N) is 3. The van der Waals surface area contributed by atoms with Crippen LogP contribution in [0, 0.1) is 6.92 Å². The highest BCUT2D eigenvalue weighted by atomic mass is 32.2. The summed E-state index contributed by atoms with van der Waals surface area (Å²) in [6, 6.07) is 11.0. The number of sulfonamides is 1. The van der Waals surface area contributed by atoms with E-state index in [0.717, 1.165) is 23.5 Å². The summed E-state index contributed by atoms with van der Waals surface area (Å²) in [6.07, 6.45) is -4.43. The number of nitrogens with one attached hydrogen (secondary N) is 1. The van der Waals surface area contributed by atoms with Gasteiger partial charge in [0.2, 0.25) is 0 Å². The van der Waals surface area contributed by atoms with E-state index in [2.05, 4.69) is 9.71 Å². The number of anilines is 2. The molecule has 2 aromatic carbocycles. The number of piperazine rings is 1. The Kier molecular flexibility index (Phi) is 7.14. The summed E-state index contributed by atoms with van der Waals surface area (Å²) >= 11 is 0.936. The van der Waals surface area contributed by atoms with Crippen LogP contribution in [0.25, 0.3) is 0 Å². The van der Waals surface area contributed by atoms with E-state index in [1.807, 2.05) is 0 Å². The van der Waals surface area contributed by atoms with Gasteiger partial charge in [0.05, 0.1) is 23.3 Å². The zero-order valence-corrected chi connectivity index (χ0v) is 21.0. The van der Waals surface area contributed by atoms with Gasteiger partial charge in [-0.05, 0) is 49.4 Å². The number of benzene rings is 2. The first-order chi connectivity index (χ1) is 17.0. The minimum Gasteiger partial charge on any atom is -0.497 e. The molecule has 36 heavy (non-hydrogen) atoms. The molecule has 0 aliphatic carbocycles. The third-order valence-corrected chi connectivity index (χ3v) is 8.23. The Morgan fingerprint density at radius 1 is 1.08 bits per heavy atom. The molecule has 1 N–H and O–H groups in total. The quantitative estimate of drug-likeness (QED) is 0.503. The SMILES string of the molecule is COc1ccc(S(=O)(=O)Nc2nc(C)c(C(=O)N3CCN(c4cccc(C(F)(F)F)c4)CC3)s2)cc1. The van der Waals surface area contributed by atoms with Crippen molar-refractivity contribution in [2.75, 3.05) is 42.9 Å². The van der Waals surface area contributed by atoms with Crippen molar-refractivity contribution < 1.29 is 31.1 Å². The predicted molar refractivity (Wildman–Crippen MR) is 130 cm³/mol. The fourth-order valence-corrected chi connectivity index (χ4v) is 5.93. The van der Waals surface area contributed by atoms with Crippen molar-refractivity contribution in [3.05, 3.63) is 64.7 Å². The van der Waals surface area contributed by atoms with Crippen molar-refractivity contribution in [3.63, 3.8) is 0 Å². The fraction of sp³-hybridized carbons (Fsp3) is 0.304. The molecule has 192 valence electrons. The topological polar surface area (TPSA) is 91.8 Å². The number of carbonyl (C=O) groups is 1. The Hall–Kier alpha value is -3.32. The monoisotopic (exact) mass is 540 g/mol. The van der Waals surface area contributed by atoms with Crippen molar-refractivity contribution in [2.24, 2.45) is 0 Å². The fourth-order valence-electron chi connectivity index (χ4n) is 3.76. The zero-order chi connectivity index (χ0) is 26.1. The second-order valence-corrected chi connectivity index (χ2v) is 10.7. The lowest BCUT2D eigenvalue weighted by atomic mass is 10.1. The van der Waals surface area contributed by atoms with E-state index in [1.165, 1.54) is 37.4 Å². The summed E-state index contributed by atoms with van der Waals surface area (Å²) in [4.78, 5) is 21.0. The maximum atomic E-state index is 13.1. The van der Waals surface area contributed by atoms with Crippen LogP contribution in [0.5, 0.6) is 5.75 Å². The van der Waals surface area contributed by atoms with Crippen LogP contribution in [0.4, 0.5) is 24.0 Å². The number of thiazole rings is 1. The number of hydrogen-bond acceptors (Lipinski definition) is 7. The summed E-state index contributed by atoms with van der Waals surface area (Å²) in [6.45, 7) is 2.95. The van der Waals surface area contributed by atoms with Crippen LogP contribution in [0.1, 0.15) is 20.9 Å². The number of carbonyl (C=O) groups excluding carboxylic acids is 1. The zero-order valence-electron chi connectivity index (χ0n) is 19.4. The molecule has 0 saturated carbocycles. The van der Waals surface area contributed by atoms with Crippen LogP contribution in [-0.4, -0.2) is 57.5 Å². The number of ether oxygens (including phenoxy) is 1. The first-order valence-corrected chi connectivity index (χ1v) is 13.1. The van der Waals surface area contributed by atoms with Crippen molar-refractivity contribution in [1.82, 2.24) is 9.88 Å². The molecule has 0 atom stereocenters. The summed E-state index contributed by atoms with van der Waals surface area (Å²) in [5.41, 5.74) is 0.113. The van der Waals surface area contributed by atoms with Crippen LogP contribution < -0.4 is 14.4 Å². The molecule has 0 unspecified atom stereocenters. The van der Waals surface area contributed by atoms with Crippen LogP contribution >= 0.6 is 11.3 Å². The third kappa shape index (κ3) is 5.57. The van der Waals surface area contributed by atoms with Crippen LogP contribution in [-0.2, 0) is 16.2 Å². The van der Waals surface area contributed by atoms with Crippen LogP contribution in [0.15, 0.2) is 53.4 Å². The number of alkyl halides is 3. The lowest BCUT2D eigenvalue weighted by Crippen LogP contribution is -2.48. The number of rotatable bonds is 6. The standard InChI is InChI=1S/C23H23F3N4O4S2/c1-15-20(35-22(27-15)28-36(32,33)19-8-6-18(34-2)7-9-19)21(31)30-12-10-29(11-13-30)17-5-3-4-16(14-17)23(24,25)26/h3-9,14H,10-13H2,1-2H3,(H,27,28). The van der Waals surface area contributed by atoms with E-state index in [9.17, 15) is 26.4 Å². The average molecular weight is 541 g/mol. The Morgan fingerprint density at radius 2 is 1.75 bits per heavy atom. The van der Waals surface area contributed by atoms with E-state index in [-0.39, 0.29) is 15.9 Å². The smallest absolute Gasteiger partial charge is 0.416 e. The van der Waals surface area contributed by atoms with Gasteiger partial charge in [0.25, 0.3) is 15.9 Å². The highest BCUT2D eigenvalue weighted by molar-refractivity contribution is 7.93. The van der Waals surface area contributed by atoms with Crippen LogP contribution in [0.2, 0.25) is 0 Å².